The molecule has 0 amide bonds. The minimum absolute atomic E-state index is 0.381. The van der Waals surface area contributed by atoms with Gasteiger partial charge in [0.15, 0.2) is 0 Å². The lowest BCUT2D eigenvalue weighted by Crippen LogP contribution is -2.11. The fourth-order valence-electron chi connectivity index (χ4n) is 1.75. The van der Waals surface area contributed by atoms with Gasteiger partial charge in [-0.15, -0.1) is 0 Å². The highest BCUT2D eigenvalue weighted by atomic mass is 32.2. The van der Waals surface area contributed by atoms with Crippen LogP contribution in [0.15, 0.2) is 51.9 Å². The van der Waals surface area contributed by atoms with Crippen LogP contribution in [0.5, 0.6) is 0 Å². The van der Waals surface area contributed by atoms with Gasteiger partial charge in [-0.05, 0) is 55.3 Å². The van der Waals surface area contributed by atoms with Crippen molar-refractivity contribution in [1.82, 2.24) is 5.32 Å². The van der Waals surface area contributed by atoms with Crippen molar-refractivity contribution in [3.63, 3.8) is 0 Å². The zero-order valence-electron chi connectivity index (χ0n) is 14.9. The molecule has 5 heteroatoms. The first-order valence-corrected chi connectivity index (χ1v) is 9.63. The van der Waals surface area contributed by atoms with Crippen LogP contribution in [0, 0.1) is 5.92 Å². The SMILES string of the molecule is C=C(CC)CN=C(SC(=C)C)[C@@H](CC)C/C=C(\C=C/NC)SN. The third kappa shape index (κ3) is 10.5. The molecule has 0 radical (unpaired) electrons. The first-order chi connectivity index (χ1) is 11.0. The molecule has 0 aliphatic carbocycles. The summed E-state index contributed by atoms with van der Waals surface area (Å²) in [4.78, 5) is 6.91. The Kier molecular flexibility index (Phi) is 13.0. The van der Waals surface area contributed by atoms with Crippen LogP contribution >= 0.6 is 23.7 Å². The quantitative estimate of drug-likeness (QED) is 0.175. The van der Waals surface area contributed by atoms with E-state index in [9.17, 15) is 0 Å². The summed E-state index contributed by atoms with van der Waals surface area (Å²) in [5.74, 6) is 0.381. The van der Waals surface area contributed by atoms with Crippen LogP contribution in [-0.4, -0.2) is 18.6 Å². The highest BCUT2D eigenvalue weighted by Crippen LogP contribution is 2.27. The van der Waals surface area contributed by atoms with E-state index in [0.29, 0.717) is 12.5 Å². The highest BCUT2D eigenvalue weighted by molar-refractivity contribution is 8.17. The van der Waals surface area contributed by atoms with Crippen molar-refractivity contribution < 1.29 is 0 Å². The van der Waals surface area contributed by atoms with E-state index in [2.05, 4.69) is 38.4 Å². The Bertz CT molecular complexity index is 465. The Labute approximate surface area is 150 Å². The molecule has 0 aromatic rings. The monoisotopic (exact) mass is 353 g/mol. The van der Waals surface area contributed by atoms with E-state index >= 15 is 0 Å². The van der Waals surface area contributed by atoms with Crippen LogP contribution in [0.25, 0.3) is 0 Å². The molecule has 0 aliphatic heterocycles. The van der Waals surface area contributed by atoms with Gasteiger partial charge in [0, 0.05) is 17.9 Å². The summed E-state index contributed by atoms with van der Waals surface area (Å²) in [6.07, 6.45) is 8.96. The summed E-state index contributed by atoms with van der Waals surface area (Å²) in [5, 5.41) is 9.85. The van der Waals surface area contributed by atoms with E-state index in [4.69, 9.17) is 10.1 Å². The Hall–Kier alpha value is -0.910. The van der Waals surface area contributed by atoms with Gasteiger partial charge in [-0.3, -0.25) is 10.1 Å². The molecule has 0 aromatic carbocycles. The third-order valence-corrected chi connectivity index (χ3v) is 4.83. The number of aliphatic imine (C=N–C) groups is 1. The predicted molar refractivity (Wildman–Crippen MR) is 111 cm³/mol. The number of nitrogens with zero attached hydrogens (tertiary/aromatic N) is 1. The Morgan fingerprint density at radius 2 is 2.04 bits per heavy atom. The van der Waals surface area contributed by atoms with E-state index < -0.39 is 0 Å². The van der Waals surface area contributed by atoms with Crippen molar-refractivity contribution in [2.45, 2.75) is 40.0 Å². The van der Waals surface area contributed by atoms with E-state index in [1.807, 2.05) is 26.2 Å². The molecule has 0 spiro atoms. The van der Waals surface area contributed by atoms with Gasteiger partial charge in [-0.1, -0.05) is 50.4 Å². The lowest BCUT2D eigenvalue weighted by molar-refractivity contribution is 0.683. The zero-order chi connectivity index (χ0) is 17.7. The van der Waals surface area contributed by atoms with Crippen LogP contribution < -0.4 is 10.5 Å². The van der Waals surface area contributed by atoms with Crippen molar-refractivity contribution in [1.29, 1.82) is 0 Å². The van der Waals surface area contributed by atoms with Crippen molar-refractivity contribution in [2.75, 3.05) is 13.6 Å². The second kappa shape index (κ2) is 13.5. The number of hydrogen-bond acceptors (Lipinski definition) is 5. The highest BCUT2D eigenvalue weighted by Gasteiger charge is 2.14. The maximum absolute atomic E-state index is 5.72. The van der Waals surface area contributed by atoms with Gasteiger partial charge in [0.2, 0.25) is 0 Å². The van der Waals surface area contributed by atoms with Crippen molar-refractivity contribution in [3.8, 4) is 0 Å². The van der Waals surface area contributed by atoms with Crippen molar-refractivity contribution >= 4 is 28.8 Å². The van der Waals surface area contributed by atoms with Crippen molar-refractivity contribution in [2.24, 2.45) is 16.0 Å². The average molecular weight is 354 g/mol. The minimum atomic E-state index is 0.381. The third-order valence-electron chi connectivity index (χ3n) is 3.23. The van der Waals surface area contributed by atoms with E-state index in [1.54, 1.807) is 11.8 Å². The molecule has 0 aromatic heterocycles. The number of nitrogens with one attached hydrogen (secondary N) is 1. The molecule has 0 saturated heterocycles. The molecule has 0 rings (SSSR count). The van der Waals surface area contributed by atoms with E-state index in [-0.39, 0.29) is 0 Å². The van der Waals surface area contributed by atoms with Crippen LogP contribution in [0.3, 0.4) is 0 Å². The second-order valence-electron chi connectivity index (χ2n) is 5.25. The van der Waals surface area contributed by atoms with Gasteiger partial charge in [0.05, 0.1) is 11.6 Å². The fraction of sp³-hybridized carbons (Fsp3) is 0.500. The van der Waals surface area contributed by atoms with Crippen LogP contribution in [-0.2, 0) is 0 Å². The lowest BCUT2D eigenvalue weighted by atomic mass is 10.0. The number of nitrogens with two attached hydrogens (primary N) is 1. The van der Waals surface area contributed by atoms with E-state index in [0.717, 1.165) is 39.7 Å². The number of allylic oxidation sites excluding steroid dienone is 3. The molecule has 3 N–H and O–H groups in total. The average Bonchev–Trinajstić information content (AvgIpc) is 2.54. The molecule has 23 heavy (non-hydrogen) atoms. The summed E-state index contributed by atoms with van der Waals surface area (Å²) < 4.78 is 0. The van der Waals surface area contributed by atoms with Crippen LogP contribution in [0.4, 0.5) is 0 Å². The zero-order valence-corrected chi connectivity index (χ0v) is 16.5. The Morgan fingerprint density at radius 1 is 1.35 bits per heavy atom. The number of hydrogen-bond donors (Lipinski definition) is 2. The molecule has 0 heterocycles. The number of rotatable bonds is 11. The molecule has 0 fully saturated rings. The Balaban J connectivity index is 5.13. The predicted octanol–water partition coefficient (Wildman–Crippen LogP) is 5.26. The summed E-state index contributed by atoms with van der Waals surface area (Å²) in [6, 6.07) is 0. The molecular weight excluding hydrogens is 322 g/mol. The summed E-state index contributed by atoms with van der Waals surface area (Å²) in [5.41, 5.74) is 1.16. The van der Waals surface area contributed by atoms with E-state index in [1.165, 1.54) is 11.9 Å². The minimum Gasteiger partial charge on any atom is -0.394 e. The molecule has 0 bridgehead atoms. The van der Waals surface area contributed by atoms with Gasteiger partial charge in [0.25, 0.3) is 0 Å². The fourth-order valence-corrected chi connectivity index (χ4v) is 3.00. The van der Waals surface area contributed by atoms with Gasteiger partial charge in [-0.2, -0.15) is 0 Å². The summed E-state index contributed by atoms with van der Waals surface area (Å²) in [6.45, 7) is 15.1. The second-order valence-corrected chi connectivity index (χ2v) is 7.28. The summed E-state index contributed by atoms with van der Waals surface area (Å²) >= 11 is 2.94. The van der Waals surface area contributed by atoms with Gasteiger partial charge in [0.1, 0.15) is 0 Å². The first kappa shape index (κ1) is 22.1. The molecule has 0 saturated carbocycles. The lowest BCUT2D eigenvalue weighted by Gasteiger charge is -2.16. The molecule has 130 valence electrons. The maximum atomic E-state index is 5.72. The maximum Gasteiger partial charge on any atom is 0.0758 e. The Morgan fingerprint density at radius 3 is 2.52 bits per heavy atom. The molecule has 0 unspecified atom stereocenters. The van der Waals surface area contributed by atoms with Crippen LogP contribution in [0.1, 0.15) is 40.0 Å². The largest absolute Gasteiger partial charge is 0.394 e. The first-order valence-electron chi connectivity index (χ1n) is 7.93. The molecule has 1 atom stereocenters. The normalized spacial score (nSPS) is 14.1. The standard InChI is InChI=1S/C18H31N3S2/c1-7-15(5)13-21-18(22-14(3)4)16(8-2)9-10-17(23-19)11-12-20-6/h10-12,16,20H,3,5,7-9,13,19H2,1-2,4,6H3/b12-11-,17-10+,21-18?/t16-/m0/s1. The van der Waals surface area contributed by atoms with Crippen molar-refractivity contribution in [3.05, 3.63) is 46.9 Å². The molecular formula is C18H31N3S2. The van der Waals surface area contributed by atoms with Gasteiger partial charge in [-0.25, -0.2) is 0 Å². The van der Waals surface area contributed by atoms with Gasteiger partial charge < -0.3 is 5.32 Å². The topological polar surface area (TPSA) is 50.4 Å². The molecule has 0 aliphatic rings. The van der Waals surface area contributed by atoms with Gasteiger partial charge >= 0.3 is 0 Å². The molecule has 3 nitrogen and oxygen atoms in total. The number of thioether (sulfide) groups is 1. The smallest absolute Gasteiger partial charge is 0.0758 e. The van der Waals surface area contributed by atoms with Crippen LogP contribution in [0.2, 0.25) is 0 Å². The summed E-state index contributed by atoms with van der Waals surface area (Å²) in [7, 11) is 1.87.